The lowest BCUT2D eigenvalue weighted by Crippen LogP contribution is -2.26. The zero-order chi connectivity index (χ0) is 16.5. The zero-order valence-electron chi connectivity index (χ0n) is 15.5. The average molecular weight is 373 g/mol. The second kappa shape index (κ2) is 10.8. The summed E-state index contributed by atoms with van der Waals surface area (Å²) in [4.78, 5) is 0. The monoisotopic (exact) mass is 372 g/mol. The van der Waals surface area contributed by atoms with Crippen LogP contribution in [-0.2, 0) is 0 Å². The third kappa shape index (κ3) is 7.32. The van der Waals surface area contributed by atoms with Gasteiger partial charge >= 0.3 is 0 Å². The van der Waals surface area contributed by atoms with Gasteiger partial charge in [-0.3, -0.25) is 0 Å². The highest BCUT2D eigenvalue weighted by Crippen LogP contribution is 2.36. The van der Waals surface area contributed by atoms with Gasteiger partial charge in [0.2, 0.25) is 0 Å². The molecule has 21 heavy (non-hydrogen) atoms. The van der Waals surface area contributed by atoms with Crippen LogP contribution in [0.5, 0.6) is 0 Å². The maximum absolute atomic E-state index is 3.92. The van der Waals surface area contributed by atoms with Crippen molar-refractivity contribution in [1.82, 2.24) is 0 Å². The number of halogens is 1. The molecule has 0 aromatic rings. The molecular weight excluding hydrogens is 336 g/mol. The van der Waals surface area contributed by atoms with Gasteiger partial charge in [-0.1, -0.05) is 94.1 Å². The van der Waals surface area contributed by atoms with Crippen LogP contribution >= 0.6 is 15.9 Å². The van der Waals surface area contributed by atoms with E-state index in [1.165, 1.54) is 55.8 Å². The third-order valence-corrected chi connectivity index (χ3v) is 7.17. The molecule has 0 saturated carbocycles. The Hall–Kier alpha value is 0.177. The lowest BCUT2D eigenvalue weighted by Gasteiger charge is -2.28. The second-order valence-electron chi connectivity index (χ2n) is 7.09. The molecule has 0 aromatic carbocycles. The summed E-state index contributed by atoms with van der Waals surface area (Å²) < 4.78 is 1.47. The van der Waals surface area contributed by atoms with E-state index >= 15 is 0 Å². The molecule has 2 heteroatoms. The summed E-state index contributed by atoms with van der Waals surface area (Å²) in [5.41, 5.74) is 3.37. The highest BCUT2D eigenvalue weighted by Gasteiger charge is 2.24. The first kappa shape index (κ1) is 21.2. The van der Waals surface area contributed by atoms with Crippen molar-refractivity contribution in [2.24, 2.45) is 0 Å². The van der Waals surface area contributed by atoms with Crippen LogP contribution in [0.1, 0.15) is 79.1 Å². The van der Waals surface area contributed by atoms with Crippen molar-refractivity contribution in [2.45, 2.75) is 98.7 Å². The van der Waals surface area contributed by atoms with E-state index < -0.39 is 8.07 Å². The van der Waals surface area contributed by atoms with Crippen molar-refractivity contribution in [3.8, 4) is 0 Å². The first-order chi connectivity index (χ1) is 9.83. The van der Waals surface area contributed by atoms with E-state index in [0.29, 0.717) is 0 Å². The Balaban J connectivity index is 6.03. The van der Waals surface area contributed by atoms with E-state index in [1.54, 1.807) is 11.1 Å². The molecule has 0 amide bonds. The van der Waals surface area contributed by atoms with E-state index in [4.69, 9.17) is 0 Å². The smallest absolute Gasteiger partial charge is 0.0728 e. The molecule has 0 atom stereocenters. The molecule has 0 radical (unpaired) electrons. The third-order valence-electron chi connectivity index (χ3n) is 3.93. The van der Waals surface area contributed by atoms with Gasteiger partial charge in [0.1, 0.15) is 0 Å². The summed E-state index contributed by atoms with van der Waals surface area (Å²) in [5.74, 6) is 0. The van der Waals surface area contributed by atoms with Gasteiger partial charge in [0.05, 0.1) is 8.07 Å². The Morgan fingerprint density at radius 3 is 1.48 bits per heavy atom. The Morgan fingerprint density at radius 2 is 1.10 bits per heavy atom. The Bertz CT molecular complexity index is 358. The molecule has 0 heterocycles. The van der Waals surface area contributed by atoms with E-state index in [0.717, 1.165) is 0 Å². The van der Waals surface area contributed by atoms with Gasteiger partial charge in [-0.25, -0.2) is 0 Å². The lowest BCUT2D eigenvalue weighted by atomic mass is 9.94. The van der Waals surface area contributed by atoms with E-state index in [1.807, 2.05) is 5.20 Å². The molecule has 0 spiro atoms. The van der Waals surface area contributed by atoms with Crippen LogP contribution in [-0.4, -0.2) is 8.07 Å². The molecule has 0 aliphatic rings. The predicted molar refractivity (Wildman–Crippen MR) is 106 cm³/mol. The largest absolute Gasteiger partial charge is 0.0776 e. The molecule has 0 bridgehead atoms. The van der Waals surface area contributed by atoms with Gasteiger partial charge in [-0.2, -0.15) is 0 Å². The summed E-state index contributed by atoms with van der Waals surface area (Å²) >= 11 is 3.92. The van der Waals surface area contributed by atoms with Crippen LogP contribution in [0, 0.1) is 0 Å². The molecule has 0 fully saturated rings. The van der Waals surface area contributed by atoms with Crippen molar-refractivity contribution >= 4 is 24.0 Å². The molecule has 0 aromatic heterocycles. The Labute approximate surface area is 143 Å². The summed E-state index contributed by atoms with van der Waals surface area (Å²) in [6.45, 7) is 16.8. The van der Waals surface area contributed by atoms with E-state index in [2.05, 4.69) is 63.3 Å². The minimum absolute atomic E-state index is 1.19. The average Bonchev–Trinajstić information content (AvgIpc) is 2.39. The van der Waals surface area contributed by atoms with Gasteiger partial charge in [0.25, 0.3) is 0 Å². The Morgan fingerprint density at radius 1 is 0.667 bits per heavy atom. The molecule has 0 saturated heterocycles. The standard InChI is InChI=1S/C19H37BrSi/c1-8-12-16(18(20)14-10-3)17(13-9-2)19(15-11-4)21(5,6)7/h8-15H2,1-7H3/b18-16-,19-17-. The van der Waals surface area contributed by atoms with Crippen LogP contribution in [0.15, 0.2) is 20.8 Å². The normalized spacial score (nSPS) is 14.9. The fourth-order valence-electron chi connectivity index (χ4n) is 3.03. The van der Waals surface area contributed by atoms with Crippen molar-refractivity contribution in [3.63, 3.8) is 0 Å². The molecular formula is C19H37BrSi. The SMILES string of the molecule is CCC/C(Br)=C(CCC)/C(CCC)=C(/CCC)[Si](C)(C)C. The number of allylic oxidation sites excluding steroid dienone is 4. The maximum atomic E-state index is 3.92. The minimum atomic E-state index is -1.24. The van der Waals surface area contributed by atoms with Crippen molar-refractivity contribution in [2.75, 3.05) is 0 Å². The fraction of sp³-hybridized carbons (Fsp3) is 0.789. The number of hydrogen-bond acceptors (Lipinski definition) is 0. The fourth-order valence-corrected chi connectivity index (χ4v) is 6.05. The van der Waals surface area contributed by atoms with Crippen LogP contribution < -0.4 is 0 Å². The predicted octanol–water partition coefficient (Wildman–Crippen LogP) is 8.01. The van der Waals surface area contributed by atoms with Gasteiger partial charge in [-0.15, -0.1) is 0 Å². The summed E-state index contributed by atoms with van der Waals surface area (Å²) in [5, 5.41) is 1.82. The zero-order valence-corrected chi connectivity index (χ0v) is 18.1. The summed E-state index contributed by atoms with van der Waals surface area (Å²) in [6.07, 6.45) is 9.97. The minimum Gasteiger partial charge on any atom is -0.0776 e. The van der Waals surface area contributed by atoms with Gasteiger partial charge < -0.3 is 0 Å². The maximum Gasteiger partial charge on any atom is 0.0728 e. The van der Waals surface area contributed by atoms with Crippen molar-refractivity contribution in [1.29, 1.82) is 0 Å². The molecule has 0 aliphatic heterocycles. The van der Waals surface area contributed by atoms with Crippen LogP contribution in [0.2, 0.25) is 19.6 Å². The quantitative estimate of drug-likeness (QED) is 0.269. The topological polar surface area (TPSA) is 0 Å². The van der Waals surface area contributed by atoms with Gasteiger partial charge in [-0.05, 0) is 41.3 Å². The van der Waals surface area contributed by atoms with Crippen LogP contribution in [0.4, 0.5) is 0 Å². The highest BCUT2D eigenvalue weighted by atomic mass is 79.9. The first-order valence-corrected chi connectivity index (χ1v) is 13.2. The van der Waals surface area contributed by atoms with Gasteiger partial charge in [0, 0.05) is 0 Å². The molecule has 0 rings (SSSR count). The number of rotatable bonds is 10. The molecule has 0 aliphatic carbocycles. The molecule has 124 valence electrons. The first-order valence-electron chi connectivity index (χ1n) is 8.93. The van der Waals surface area contributed by atoms with Crippen molar-refractivity contribution in [3.05, 3.63) is 20.8 Å². The van der Waals surface area contributed by atoms with Crippen molar-refractivity contribution < 1.29 is 0 Å². The van der Waals surface area contributed by atoms with Gasteiger partial charge in [0.15, 0.2) is 0 Å². The summed E-state index contributed by atoms with van der Waals surface area (Å²) in [6, 6.07) is 0. The van der Waals surface area contributed by atoms with Crippen LogP contribution in [0.25, 0.3) is 0 Å². The van der Waals surface area contributed by atoms with Crippen LogP contribution in [0.3, 0.4) is 0 Å². The Kier molecular flexibility index (Phi) is 10.9. The highest BCUT2D eigenvalue weighted by molar-refractivity contribution is 9.11. The molecule has 0 unspecified atom stereocenters. The molecule has 0 N–H and O–H groups in total. The number of hydrogen-bond donors (Lipinski definition) is 0. The lowest BCUT2D eigenvalue weighted by molar-refractivity contribution is 0.814. The van der Waals surface area contributed by atoms with E-state index in [-0.39, 0.29) is 0 Å². The second-order valence-corrected chi connectivity index (χ2v) is 13.2. The summed E-state index contributed by atoms with van der Waals surface area (Å²) in [7, 11) is -1.24. The van der Waals surface area contributed by atoms with E-state index in [9.17, 15) is 0 Å². The molecule has 0 nitrogen and oxygen atoms in total.